The Morgan fingerprint density at radius 1 is 0.437 bits per heavy atom. The number of carboxylic acid groups (broad SMARTS) is 1. The van der Waals surface area contributed by atoms with E-state index in [9.17, 15) is 19.5 Å². The molecular formula is C62H113NO8. The number of likely N-dealkylation sites (N-methyl/N-ethyl adjacent to an activating group) is 1. The summed E-state index contributed by atoms with van der Waals surface area (Å²) >= 11 is 0. The Kier molecular flexibility index (Phi) is 51.5. The van der Waals surface area contributed by atoms with Gasteiger partial charge in [-0.15, -0.1) is 0 Å². The molecule has 0 aliphatic rings. The van der Waals surface area contributed by atoms with Gasteiger partial charge in [0.15, 0.2) is 12.4 Å². The van der Waals surface area contributed by atoms with Gasteiger partial charge in [0.2, 0.25) is 0 Å². The predicted molar refractivity (Wildman–Crippen MR) is 297 cm³/mol. The van der Waals surface area contributed by atoms with Gasteiger partial charge in [-0.2, -0.15) is 0 Å². The average molecular weight is 1000 g/mol. The van der Waals surface area contributed by atoms with Gasteiger partial charge in [-0.05, 0) is 51.4 Å². The first-order valence-corrected chi connectivity index (χ1v) is 29.8. The number of unbranched alkanes of at least 4 members (excludes halogenated alkanes) is 32. The van der Waals surface area contributed by atoms with Gasteiger partial charge >= 0.3 is 11.9 Å². The molecule has 71 heavy (non-hydrogen) atoms. The normalized spacial score (nSPS) is 13.1. The van der Waals surface area contributed by atoms with Crippen molar-refractivity contribution in [2.24, 2.45) is 0 Å². The van der Waals surface area contributed by atoms with Crippen LogP contribution in [0.25, 0.3) is 0 Å². The van der Waals surface area contributed by atoms with Crippen LogP contribution in [0.5, 0.6) is 0 Å². The lowest BCUT2D eigenvalue weighted by molar-refractivity contribution is -0.870. The van der Waals surface area contributed by atoms with Crippen LogP contribution < -0.4 is 5.11 Å². The molecular weight excluding hydrogens is 887 g/mol. The molecule has 0 saturated heterocycles. The number of esters is 2. The lowest BCUT2D eigenvalue weighted by atomic mass is 10.0. The minimum atomic E-state index is -1.62. The molecule has 0 aliphatic heterocycles. The Balaban J connectivity index is 4.11. The molecule has 9 nitrogen and oxygen atoms in total. The lowest BCUT2D eigenvalue weighted by Crippen LogP contribution is -2.44. The number of quaternary nitrogens is 1. The molecule has 0 aromatic rings. The van der Waals surface area contributed by atoms with E-state index in [1.165, 1.54) is 180 Å². The molecule has 2 atom stereocenters. The number of allylic oxidation sites excluding steroid dienone is 8. The Bertz CT molecular complexity index is 1300. The van der Waals surface area contributed by atoms with Gasteiger partial charge in [-0.1, -0.05) is 255 Å². The molecule has 0 aromatic carbocycles. The number of hydrogen-bond donors (Lipinski definition) is 0. The highest BCUT2D eigenvalue weighted by Crippen LogP contribution is 2.17. The number of hydrogen-bond acceptors (Lipinski definition) is 8. The predicted octanol–water partition coefficient (Wildman–Crippen LogP) is 16.1. The highest BCUT2D eigenvalue weighted by atomic mass is 16.7. The average Bonchev–Trinajstić information content (AvgIpc) is 3.34. The molecule has 0 saturated carbocycles. The number of nitrogens with zero attached hydrogens (tertiary/aromatic N) is 1. The zero-order valence-electron chi connectivity index (χ0n) is 47.1. The fraction of sp³-hybridized carbons (Fsp3) is 0.823. The van der Waals surface area contributed by atoms with Crippen LogP contribution in [0.4, 0.5) is 0 Å². The largest absolute Gasteiger partial charge is 0.545 e. The minimum Gasteiger partial charge on any atom is -0.545 e. The van der Waals surface area contributed by atoms with Crippen molar-refractivity contribution in [3.8, 4) is 0 Å². The Labute approximate surface area is 438 Å². The quantitative estimate of drug-likeness (QED) is 0.0195. The third-order valence-electron chi connectivity index (χ3n) is 13.1. The van der Waals surface area contributed by atoms with Gasteiger partial charge in [0, 0.05) is 12.8 Å². The molecule has 414 valence electrons. The molecule has 0 spiro atoms. The van der Waals surface area contributed by atoms with E-state index in [0.717, 1.165) is 57.8 Å². The first-order chi connectivity index (χ1) is 34.6. The fourth-order valence-electron chi connectivity index (χ4n) is 8.53. The molecule has 9 heteroatoms. The molecule has 0 aromatic heterocycles. The summed E-state index contributed by atoms with van der Waals surface area (Å²) in [5.41, 5.74) is 0. The second-order valence-electron chi connectivity index (χ2n) is 21.3. The van der Waals surface area contributed by atoms with Crippen LogP contribution in [0.3, 0.4) is 0 Å². The Morgan fingerprint density at radius 3 is 1.20 bits per heavy atom. The van der Waals surface area contributed by atoms with Gasteiger partial charge in [0.25, 0.3) is 0 Å². The van der Waals surface area contributed by atoms with Crippen molar-refractivity contribution >= 4 is 17.9 Å². The number of carbonyl (C=O) groups is 3. The maximum Gasteiger partial charge on any atom is 0.306 e. The van der Waals surface area contributed by atoms with E-state index in [2.05, 4.69) is 62.5 Å². The summed E-state index contributed by atoms with van der Waals surface area (Å²) in [5.74, 6) is -2.26. The van der Waals surface area contributed by atoms with Crippen molar-refractivity contribution in [1.82, 2.24) is 0 Å². The van der Waals surface area contributed by atoms with Crippen LogP contribution in [0.2, 0.25) is 0 Å². The summed E-state index contributed by atoms with van der Waals surface area (Å²) in [7, 11) is 5.93. The third-order valence-corrected chi connectivity index (χ3v) is 13.1. The van der Waals surface area contributed by atoms with Crippen LogP contribution in [-0.4, -0.2) is 82.3 Å². The third kappa shape index (κ3) is 54.9. The smallest absolute Gasteiger partial charge is 0.306 e. The summed E-state index contributed by atoms with van der Waals surface area (Å²) < 4.78 is 22.7. The number of carboxylic acids is 1. The highest BCUT2D eigenvalue weighted by molar-refractivity contribution is 5.70. The van der Waals surface area contributed by atoms with Gasteiger partial charge in [-0.3, -0.25) is 9.59 Å². The van der Waals surface area contributed by atoms with Crippen molar-refractivity contribution in [1.29, 1.82) is 0 Å². The monoisotopic (exact) mass is 1000 g/mol. The van der Waals surface area contributed by atoms with E-state index in [0.29, 0.717) is 23.9 Å². The molecule has 0 amide bonds. The van der Waals surface area contributed by atoms with Crippen molar-refractivity contribution < 1.29 is 42.9 Å². The number of carbonyl (C=O) groups excluding carboxylic acids is 3. The first kappa shape index (κ1) is 68.2. The molecule has 0 fully saturated rings. The fourth-order valence-corrected chi connectivity index (χ4v) is 8.53. The van der Waals surface area contributed by atoms with Crippen molar-refractivity contribution in [2.45, 2.75) is 283 Å². The van der Waals surface area contributed by atoms with E-state index in [1.54, 1.807) is 0 Å². The summed E-state index contributed by atoms with van der Waals surface area (Å²) in [4.78, 5) is 37.3. The van der Waals surface area contributed by atoms with Crippen LogP contribution in [0.15, 0.2) is 48.6 Å². The molecule has 0 radical (unpaired) electrons. The number of rotatable bonds is 55. The van der Waals surface area contributed by atoms with Crippen LogP contribution in [0.1, 0.15) is 271 Å². The number of ether oxygens (including phenoxy) is 4. The van der Waals surface area contributed by atoms with E-state index < -0.39 is 24.3 Å². The molecule has 0 heterocycles. The molecule has 2 unspecified atom stereocenters. The Hall–Kier alpha value is -2.75. The van der Waals surface area contributed by atoms with E-state index in [-0.39, 0.29) is 32.2 Å². The van der Waals surface area contributed by atoms with Crippen LogP contribution in [0, 0.1) is 0 Å². The van der Waals surface area contributed by atoms with E-state index in [4.69, 9.17) is 18.9 Å². The maximum atomic E-state index is 12.9. The summed E-state index contributed by atoms with van der Waals surface area (Å²) in [5, 5.41) is 11.8. The number of aliphatic carboxylic acids is 1. The van der Waals surface area contributed by atoms with Gasteiger partial charge in [0.05, 0.1) is 40.3 Å². The van der Waals surface area contributed by atoms with Crippen LogP contribution >= 0.6 is 0 Å². The molecule has 0 N–H and O–H groups in total. The second-order valence-corrected chi connectivity index (χ2v) is 21.3. The Morgan fingerprint density at radius 2 is 0.803 bits per heavy atom. The summed E-state index contributed by atoms with van der Waals surface area (Å²) in [6, 6.07) is 0. The van der Waals surface area contributed by atoms with Crippen molar-refractivity contribution in [2.75, 3.05) is 47.5 Å². The summed E-state index contributed by atoms with van der Waals surface area (Å²) in [6.07, 6.45) is 63.1. The SMILES string of the molecule is CC/C=C\C/C=C\C/C=C\C/C=C\CCCCCCCCCCCCCCCCCCCCC(=O)OC(COC(=O)CCCCCCCCCCCCCCCCC)COC(OCC[N+](C)(C)C)C(=O)[O-]. The van der Waals surface area contributed by atoms with E-state index >= 15 is 0 Å². The molecule has 0 rings (SSSR count). The molecule has 0 aliphatic carbocycles. The van der Waals surface area contributed by atoms with Crippen molar-refractivity contribution in [3.05, 3.63) is 48.6 Å². The standard InChI is InChI=1S/C62H113NO8/c1-6-8-10-12-14-16-18-20-22-23-24-25-26-27-28-29-30-31-32-33-34-35-36-37-39-41-43-45-47-49-51-53-60(65)71-58(57-70-62(61(66)67)68-55-54-63(3,4)5)56-69-59(64)52-50-48-46-44-42-40-38-21-19-17-15-13-11-9-7-2/h8,10,14,16,20,22,24-25,58,62H,6-7,9,11-13,15,17-19,21,23,26-57H2,1-5H3/b10-8-,16-14-,22-20-,25-24-. The van der Waals surface area contributed by atoms with E-state index in [1.807, 2.05) is 21.1 Å². The van der Waals surface area contributed by atoms with Gasteiger partial charge in [-0.25, -0.2) is 0 Å². The van der Waals surface area contributed by atoms with Crippen molar-refractivity contribution in [3.63, 3.8) is 0 Å². The lowest BCUT2D eigenvalue weighted by Gasteiger charge is -2.26. The summed E-state index contributed by atoms with van der Waals surface area (Å²) in [6.45, 7) is 4.67. The zero-order chi connectivity index (χ0) is 52.0. The topological polar surface area (TPSA) is 111 Å². The molecule has 0 bridgehead atoms. The second kappa shape index (κ2) is 53.5. The highest BCUT2D eigenvalue weighted by Gasteiger charge is 2.22. The minimum absolute atomic E-state index is 0.150. The van der Waals surface area contributed by atoms with Gasteiger partial charge < -0.3 is 33.3 Å². The maximum absolute atomic E-state index is 12.9. The first-order valence-electron chi connectivity index (χ1n) is 29.8. The van der Waals surface area contributed by atoms with Gasteiger partial charge in [0.1, 0.15) is 13.2 Å². The van der Waals surface area contributed by atoms with Crippen LogP contribution in [-0.2, 0) is 33.3 Å². The zero-order valence-corrected chi connectivity index (χ0v) is 47.1.